The van der Waals surface area contributed by atoms with Gasteiger partial charge in [0.25, 0.3) is 5.91 Å². The maximum Gasteiger partial charge on any atom is 0.251 e. The number of halogens is 1. The van der Waals surface area contributed by atoms with E-state index in [0.29, 0.717) is 18.2 Å². The maximum absolute atomic E-state index is 13.6. The predicted molar refractivity (Wildman–Crippen MR) is 84.8 cm³/mol. The summed E-state index contributed by atoms with van der Waals surface area (Å²) in [6, 6.07) is 4.80. The summed E-state index contributed by atoms with van der Waals surface area (Å²) in [7, 11) is 1.40. The fraction of sp³-hybridized carbons (Fsp3) is 0.588. The van der Waals surface area contributed by atoms with E-state index in [1.54, 1.807) is 6.07 Å². The second kappa shape index (κ2) is 8.73. The van der Waals surface area contributed by atoms with Gasteiger partial charge in [-0.05, 0) is 31.0 Å². The van der Waals surface area contributed by atoms with E-state index >= 15 is 0 Å². The fourth-order valence-electron chi connectivity index (χ4n) is 2.85. The first-order chi connectivity index (χ1) is 10.7. The molecule has 0 unspecified atom stereocenters. The molecular weight excluding hydrogens is 283 g/mol. The Morgan fingerprint density at radius 1 is 1.23 bits per heavy atom. The van der Waals surface area contributed by atoms with E-state index in [9.17, 15) is 9.18 Å². The Hall–Kier alpha value is -1.62. The monoisotopic (exact) mass is 308 g/mol. The zero-order valence-electron chi connectivity index (χ0n) is 13.2. The van der Waals surface area contributed by atoms with E-state index in [0.717, 1.165) is 6.54 Å². The summed E-state index contributed by atoms with van der Waals surface area (Å²) >= 11 is 0. The second-order valence-corrected chi connectivity index (χ2v) is 5.75. The van der Waals surface area contributed by atoms with Crippen LogP contribution in [0.4, 0.5) is 4.39 Å². The number of nitrogens with one attached hydrogen (secondary N) is 2. The summed E-state index contributed by atoms with van der Waals surface area (Å²) in [6.45, 7) is 1.29. The van der Waals surface area contributed by atoms with Gasteiger partial charge in [-0.2, -0.15) is 0 Å². The molecule has 0 saturated heterocycles. The van der Waals surface area contributed by atoms with E-state index < -0.39 is 5.82 Å². The quantitative estimate of drug-likeness (QED) is 0.627. The average molecular weight is 308 g/mol. The highest BCUT2D eigenvalue weighted by atomic mass is 19.1. The molecule has 1 fully saturated rings. The number of carbonyl (C=O) groups is 1. The van der Waals surface area contributed by atoms with Gasteiger partial charge in [-0.25, -0.2) is 4.39 Å². The van der Waals surface area contributed by atoms with E-state index in [2.05, 4.69) is 10.6 Å². The van der Waals surface area contributed by atoms with Crippen molar-refractivity contribution in [3.05, 3.63) is 29.6 Å². The summed E-state index contributed by atoms with van der Waals surface area (Å²) in [6.07, 6.45) is 7.68. The lowest BCUT2D eigenvalue weighted by molar-refractivity contribution is 0.0953. The minimum Gasteiger partial charge on any atom is -0.494 e. The molecule has 1 aromatic rings. The van der Waals surface area contributed by atoms with Crippen LogP contribution in [-0.4, -0.2) is 32.1 Å². The van der Waals surface area contributed by atoms with Gasteiger partial charge in [0.05, 0.1) is 7.11 Å². The Labute approximate surface area is 131 Å². The smallest absolute Gasteiger partial charge is 0.251 e. The minimum atomic E-state index is -0.522. The van der Waals surface area contributed by atoms with Crippen molar-refractivity contribution < 1.29 is 13.9 Å². The molecule has 1 aliphatic carbocycles. The van der Waals surface area contributed by atoms with E-state index in [1.807, 2.05) is 0 Å². The van der Waals surface area contributed by atoms with Gasteiger partial charge in [0.15, 0.2) is 11.6 Å². The first kappa shape index (κ1) is 16.7. The van der Waals surface area contributed by atoms with Crippen LogP contribution >= 0.6 is 0 Å². The van der Waals surface area contributed by atoms with Crippen molar-refractivity contribution in [3.8, 4) is 5.75 Å². The summed E-state index contributed by atoms with van der Waals surface area (Å²) < 4.78 is 18.4. The lowest BCUT2D eigenvalue weighted by Gasteiger charge is -2.16. The molecule has 1 amide bonds. The van der Waals surface area contributed by atoms with Crippen molar-refractivity contribution in [1.29, 1.82) is 0 Å². The summed E-state index contributed by atoms with van der Waals surface area (Å²) in [5.74, 6) is -0.637. The van der Waals surface area contributed by atoms with Crippen LogP contribution in [0, 0.1) is 5.82 Å². The van der Waals surface area contributed by atoms with Crippen LogP contribution in [0.2, 0.25) is 0 Å². The van der Waals surface area contributed by atoms with Crippen LogP contribution in [0.25, 0.3) is 0 Å². The number of hydrogen-bond donors (Lipinski definition) is 2. The third kappa shape index (κ3) is 4.98. The molecule has 1 aromatic carbocycles. The van der Waals surface area contributed by atoms with Crippen LogP contribution in [0.1, 0.15) is 48.9 Å². The zero-order valence-corrected chi connectivity index (χ0v) is 13.2. The molecule has 22 heavy (non-hydrogen) atoms. The summed E-state index contributed by atoms with van der Waals surface area (Å²) in [5, 5.41) is 6.30. The van der Waals surface area contributed by atoms with Gasteiger partial charge >= 0.3 is 0 Å². The molecule has 4 nitrogen and oxygen atoms in total. The third-order valence-electron chi connectivity index (χ3n) is 4.11. The van der Waals surface area contributed by atoms with Gasteiger partial charge in [-0.3, -0.25) is 4.79 Å². The van der Waals surface area contributed by atoms with Crippen LogP contribution in [0.5, 0.6) is 5.75 Å². The standard InChI is InChI=1S/C17H25FN2O2/c1-22-16-9-8-13(12-15(16)18)17(21)20-11-10-19-14-6-4-2-3-5-7-14/h8-9,12,14,19H,2-7,10-11H2,1H3,(H,20,21). The van der Waals surface area contributed by atoms with Crippen molar-refractivity contribution in [1.82, 2.24) is 10.6 Å². The van der Waals surface area contributed by atoms with Crippen molar-refractivity contribution in [2.45, 2.75) is 44.6 Å². The van der Waals surface area contributed by atoms with Gasteiger partial charge in [0, 0.05) is 24.7 Å². The molecule has 0 spiro atoms. The molecule has 0 atom stereocenters. The zero-order chi connectivity index (χ0) is 15.8. The lowest BCUT2D eigenvalue weighted by atomic mass is 10.1. The highest BCUT2D eigenvalue weighted by molar-refractivity contribution is 5.94. The summed E-state index contributed by atoms with van der Waals surface area (Å²) in [5.41, 5.74) is 0.313. The molecule has 0 bridgehead atoms. The Balaban J connectivity index is 1.72. The van der Waals surface area contributed by atoms with Crippen molar-refractivity contribution in [3.63, 3.8) is 0 Å². The highest BCUT2D eigenvalue weighted by Gasteiger charge is 2.12. The molecule has 1 aliphatic rings. The fourth-order valence-corrected chi connectivity index (χ4v) is 2.85. The number of benzene rings is 1. The van der Waals surface area contributed by atoms with Crippen LogP contribution in [-0.2, 0) is 0 Å². The van der Waals surface area contributed by atoms with Gasteiger partial charge < -0.3 is 15.4 Å². The van der Waals surface area contributed by atoms with Crippen LogP contribution in [0.15, 0.2) is 18.2 Å². The Morgan fingerprint density at radius 2 is 1.95 bits per heavy atom. The number of carbonyl (C=O) groups excluding carboxylic acids is 1. The SMILES string of the molecule is COc1ccc(C(=O)NCCNC2CCCCCC2)cc1F. The largest absolute Gasteiger partial charge is 0.494 e. The molecule has 0 radical (unpaired) electrons. The normalized spacial score (nSPS) is 16.1. The number of amides is 1. The van der Waals surface area contributed by atoms with Crippen molar-refractivity contribution in [2.75, 3.05) is 20.2 Å². The van der Waals surface area contributed by atoms with Crippen LogP contribution in [0.3, 0.4) is 0 Å². The molecule has 122 valence electrons. The van der Waals surface area contributed by atoms with Gasteiger partial charge in [0.1, 0.15) is 0 Å². The Kier molecular flexibility index (Phi) is 6.65. The molecule has 0 aliphatic heterocycles. The molecule has 0 aromatic heterocycles. The van der Waals surface area contributed by atoms with Gasteiger partial charge in [-0.1, -0.05) is 25.7 Å². The molecular formula is C17H25FN2O2. The van der Waals surface area contributed by atoms with Gasteiger partial charge in [-0.15, -0.1) is 0 Å². The third-order valence-corrected chi connectivity index (χ3v) is 4.11. The summed E-state index contributed by atoms with van der Waals surface area (Å²) in [4.78, 5) is 12.0. The second-order valence-electron chi connectivity index (χ2n) is 5.75. The predicted octanol–water partition coefficient (Wildman–Crippen LogP) is 2.88. The van der Waals surface area contributed by atoms with Crippen molar-refractivity contribution >= 4 is 5.91 Å². The van der Waals surface area contributed by atoms with E-state index in [-0.39, 0.29) is 11.7 Å². The van der Waals surface area contributed by atoms with Crippen molar-refractivity contribution in [2.24, 2.45) is 0 Å². The number of methoxy groups -OCH3 is 1. The first-order valence-electron chi connectivity index (χ1n) is 8.06. The van der Waals surface area contributed by atoms with Crippen LogP contribution < -0.4 is 15.4 Å². The van der Waals surface area contributed by atoms with Gasteiger partial charge in [0.2, 0.25) is 0 Å². The Morgan fingerprint density at radius 3 is 2.59 bits per heavy atom. The first-order valence-corrected chi connectivity index (χ1v) is 8.06. The number of rotatable bonds is 6. The Bertz CT molecular complexity index is 486. The topological polar surface area (TPSA) is 50.4 Å². The molecule has 1 saturated carbocycles. The minimum absolute atomic E-state index is 0.145. The molecule has 2 N–H and O–H groups in total. The lowest BCUT2D eigenvalue weighted by Crippen LogP contribution is -2.36. The van der Waals surface area contributed by atoms with E-state index in [1.165, 1.54) is 57.8 Å². The molecule has 2 rings (SSSR count). The highest BCUT2D eigenvalue weighted by Crippen LogP contribution is 2.18. The number of hydrogen-bond acceptors (Lipinski definition) is 3. The maximum atomic E-state index is 13.6. The number of ether oxygens (including phenoxy) is 1. The molecule has 5 heteroatoms. The molecule has 0 heterocycles. The average Bonchev–Trinajstić information content (AvgIpc) is 2.80. The van der Waals surface area contributed by atoms with E-state index in [4.69, 9.17) is 4.74 Å².